The molecule has 2 aromatic carbocycles. The Kier molecular flexibility index (Phi) is 6.76. The van der Waals surface area contributed by atoms with Gasteiger partial charge in [-0.2, -0.15) is 0 Å². The van der Waals surface area contributed by atoms with Crippen LogP contribution in [0.15, 0.2) is 4.42 Å². The van der Waals surface area contributed by atoms with Crippen LogP contribution < -0.4 is 0 Å². The van der Waals surface area contributed by atoms with Gasteiger partial charge >= 0.3 is 0 Å². The van der Waals surface area contributed by atoms with Gasteiger partial charge < -0.3 is 4.42 Å². The molecule has 29 heavy (non-hydrogen) atoms. The van der Waals surface area contributed by atoms with Crippen molar-refractivity contribution in [3.8, 4) is 0 Å². The van der Waals surface area contributed by atoms with E-state index in [-0.39, 0.29) is 0 Å². The zero-order chi connectivity index (χ0) is 21.3. The van der Waals surface area contributed by atoms with Gasteiger partial charge in [0.15, 0.2) is 0 Å². The normalized spacial score (nSPS) is 11.9. The third-order valence-electron chi connectivity index (χ3n) is 7.07. The molecule has 158 valence electrons. The predicted molar refractivity (Wildman–Crippen MR) is 129 cm³/mol. The van der Waals surface area contributed by atoms with E-state index in [9.17, 15) is 0 Å². The summed E-state index contributed by atoms with van der Waals surface area (Å²) in [5.74, 6) is 0. The van der Waals surface area contributed by atoms with Crippen LogP contribution in [0.4, 0.5) is 0 Å². The van der Waals surface area contributed by atoms with E-state index in [2.05, 4.69) is 55.4 Å². The van der Waals surface area contributed by atoms with Gasteiger partial charge in [0, 0.05) is 10.8 Å². The summed E-state index contributed by atoms with van der Waals surface area (Å²) in [6.45, 7) is 18.5. The molecule has 0 aliphatic rings. The topological polar surface area (TPSA) is 13.1 Å². The first kappa shape index (κ1) is 21.9. The van der Waals surface area contributed by atoms with Crippen LogP contribution in [0.2, 0.25) is 0 Å². The van der Waals surface area contributed by atoms with Gasteiger partial charge in [-0.25, -0.2) is 0 Å². The highest BCUT2D eigenvalue weighted by atomic mass is 16.3. The third kappa shape index (κ3) is 3.13. The Bertz CT molecular complexity index is 950. The van der Waals surface area contributed by atoms with E-state index < -0.39 is 0 Å². The molecule has 0 aliphatic heterocycles. The van der Waals surface area contributed by atoms with Gasteiger partial charge in [-0.15, -0.1) is 0 Å². The second kappa shape index (κ2) is 8.94. The van der Waals surface area contributed by atoms with Gasteiger partial charge in [0.25, 0.3) is 0 Å². The van der Waals surface area contributed by atoms with E-state index in [1.165, 1.54) is 33.1 Å². The quantitative estimate of drug-likeness (QED) is 0.377. The Morgan fingerprint density at radius 1 is 0.345 bits per heavy atom. The fourth-order valence-corrected chi connectivity index (χ4v) is 5.97. The van der Waals surface area contributed by atoms with Gasteiger partial charge in [0.05, 0.1) is 0 Å². The second-order valence-corrected chi connectivity index (χ2v) is 8.17. The van der Waals surface area contributed by atoms with Crippen molar-refractivity contribution in [2.24, 2.45) is 0 Å². The fraction of sp³-hybridized carbons (Fsp3) is 0.571. The average Bonchev–Trinajstić information content (AvgIpc) is 3.14. The summed E-state index contributed by atoms with van der Waals surface area (Å²) in [5.41, 5.74) is 14.6. The first-order chi connectivity index (χ1) is 14.1. The smallest absolute Gasteiger partial charge is 0.139 e. The Balaban J connectivity index is 2.73. The van der Waals surface area contributed by atoms with Gasteiger partial charge in [-0.05, 0) is 95.9 Å². The zero-order valence-electron chi connectivity index (χ0n) is 20.1. The van der Waals surface area contributed by atoms with Crippen molar-refractivity contribution in [3.05, 3.63) is 44.5 Å². The van der Waals surface area contributed by atoms with Crippen molar-refractivity contribution >= 4 is 21.9 Å². The number of rotatable bonds is 8. The van der Waals surface area contributed by atoms with Crippen molar-refractivity contribution in [1.82, 2.24) is 0 Å². The molecule has 0 amide bonds. The number of benzene rings is 2. The molecule has 0 bridgehead atoms. The summed E-state index contributed by atoms with van der Waals surface area (Å²) in [6, 6.07) is 0. The lowest BCUT2D eigenvalue weighted by Gasteiger charge is -2.19. The summed E-state index contributed by atoms with van der Waals surface area (Å²) < 4.78 is 6.87. The maximum absolute atomic E-state index is 6.87. The van der Waals surface area contributed by atoms with E-state index in [0.717, 1.165) is 51.4 Å². The molecule has 1 heteroatoms. The lowest BCUT2D eigenvalue weighted by atomic mass is 9.83. The molecule has 0 unspecified atom stereocenters. The maximum atomic E-state index is 6.87. The third-order valence-corrected chi connectivity index (χ3v) is 7.07. The van der Waals surface area contributed by atoms with Crippen LogP contribution in [-0.4, -0.2) is 0 Å². The molecule has 0 spiro atoms. The van der Waals surface area contributed by atoms with Crippen LogP contribution in [0.3, 0.4) is 0 Å². The molecule has 1 aromatic heterocycles. The molecule has 0 aliphatic carbocycles. The Labute approximate surface area is 177 Å². The van der Waals surface area contributed by atoms with Crippen molar-refractivity contribution < 1.29 is 4.42 Å². The molecule has 0 saturated heterocycles. The minimum Gasteiger partial charge on any atom is -0.455 e. The lowest BCUT2D eigenvalue weighted by molar-refractivity contribution is 0.654. The molecule has 0 N–H and O–H groups in total. The Morgan fingerprint density at radius 3 is 0.828 bits per heavy atom. The zero-order valence-corrected chi connectivity index (χ0v) is 20.1. The number of aryl methyl sites for hydroxylation is 4. The van der Waals surface area contributed by atoms with Crippen LogP contribution in [-0.2, 0) is 51.4 Å². The van der Waals surface area contributed by atoms with E-state index in [1.807, 2.05) is 0 Å². The molecule has 1 nitrogen and oxygen atoms in total. The van der Waals surface area contributed by atoms with Gasteiger partial charge in [-0.3, -0.25) is 0 Å². The molecular formula is C28H40O. The molecule has 0 atom stereocenters. The molecule has 0 radical (unpaired) electrons. The standard InChI is InChI=1S/C28H40O/c1-9-17-19(11-3)23(15-7)27-25(21(17)13-5)26-22(14-6)18(10-2)20(12-4)24(16-8)28(26)29-27/h9-16H2,1-8H3. The Morgan fingerprint density at radius 2 is 0.586 bits per heavy atom. The van der Waals surface area contributed by atoms with Crippen molar-refractivity contribution in [1.29, 1.82) is 0 Å². The highest BCUT2D eigenvalue weighted by Crippen LogP contribution is 2.44. The summed E-state index contributed by atoms with van der Waals surface area (Å²) in [4.78, 5) is 0. The molecule has 0 saturated carbocycles. The summed E-state index contributed by atoms with van der Waals surface area (Å²) >= 11 is 0. The van der Waals surface area contributed by atoms with E-state index >= 15 is 0 Å². The van der Waals surface area contributed by atoms with Gasteiger partial charge in [0.2, 0.25) is 0 Å². The van der Waals surface area contributed by atoms with E-state index in [1.54, 1.807) is 33.4 Å². The number of hydrogen-bond donors (Lipinski definition) is 0. The van der Waals surface area contributed by atoms with Crippen molar-refractivity contribution in [3.63, 3.8) is 0 Å². The van der Waals surface area contributed by atoms with Gasteiger partial charge in [0.1, 0.15) is 11.2 Å². The van der Waals surface area contributed by atoms with Crippen LogP contribution >= 0.6 is 0 Å². The van der Waals surface area contributed by atoms with Crippen LogP contribution in [0.5, 0.6) is 0 Å². The largest absolute Gasteiger partial charge is 0.455 e. The minimum atomic E-state index is 1.04. The minimum absolute atomic E-state index is 1.04. The molecule has 0 fully saturated rings. The predicted octanol–water partition coefficient (Wildman–Crippen LogP) is 8.09. The maximum Gasteiger partial charge on any atom is 0.139 e. The second-order valence-electron chi connectivity index (χ2n) is 8.17. The summed E-state index contributed by atoms with van der Waals surface area (Å²) in [5, 5.41) is 2.88. The van der Waals surface area contributed by atoms with Crippen LogP contribution in [0.25, 0.3) is 21.9 Å². The van der Waals surface area contributed by atoms with Gasteiger partial charge in [-0.1, -0.05) is 55.4 Å². The Hall–Kier alpha value is -1.76. The SMILES string of the molecule is CCc1c(CC)c(CC)c2c(oc3c(CC)c(CC)c(CC)c(CC)c32)c1CC. The highest BCUT2D eigenvalue weighted by molar-refractivity contribution is 6.12. The van der Waals surface area contributed by atoms with Crippen molar-refractivity contribution in [2.75, 3.05) is 0 Å². The number of furan rings is 1. The highest BCUT2D eigenvalue weighted by Gasteiger charge is 2.26. The number of fused-ring (bicyclic) bond motifs is 3. The lowest BCUT2D eigenvalue weighted by Crippen LogP contribution is -2.05. The first-order valence-electron chi connectivity index (χ1n) is 12.1. The fourth-order valence-electron chi connectivity index (χ4n) is 5.97. The summed E-state index contributed by atoms with van der Waals surface area (Å²) in [6.07, 6.45) is 8.64. The van der Waals surface area contributed by atoms with E-state index in [0.29, 0.717) is 0 Å². The van der Waals surface area contributed by atoms with Crippen LogP contribution in [0.1, 0.15) is 99.9 Å². The average molecular weight is 393 g/mol. The number of hydrogen-bond acceptors (Lipinski definition) is 1. The van der Waals surface area contributed by atoms with Crippen molar-refractivity contribution in [2.45, 2.75) is 107 Å². The monoisotopic (exact) mass is 392 g/mol. The van der Waals surface area contributed by atoms with Crippen LogP contribution in [0, 0.1) is 0 Å². The molecule has 1 heterocycles. The molecule has 3 rings (SSSR count). The summed E-state index contributed by atoms with van der Waals surface area (Å²) in [7, 11) is 0. The molecule has 3 aromatic rings. The molecular weight excluding hydrogens is 352 g/mol. The van der Waals surface area contributed by atoms with E-state index in [4.69, 9.17) is 4.42 Å². The first-order valence-corrected chi connectivity index (χ1v) is 12.1.